The first-order valence-corrected chi connectivity index (χ1v) is 14.1. The number of thioether (sulfide) groups is 4. The van der Waals surface area contributed by atoms with Crippen molar-refractivity contribution >= 4 is 81.9 Å². The molecule has 0 aromatic carbocycles. The van der Waals surface area contributed by atoms with Crippen molar-refractivity contribution in [1.29, 1.82) is 0 Å². The van der Waals surface area contributed by atoms with Gasteiger partial charge in [0, 0.05) is 27.9 Å². The van der Waals surface area contributed by atoms with Crippen molar-refractivity contribution in [3.05, 3.63) is 27.1 Å². The highest BCUT2D eigenvalue weighted by Gasteiger charge is 2.54. The van der Waals surface area contributed by atoms with Crippen molar-refractivity contribution in [3.63, 3.8) is 0 Å². The Bertz CT molecular complexity index is 1010. The van der Waals surface area contributed by atoms with Crippen LogP contribution in [0.25, 0.3) is 0 Å². The third-order valence-electron chi connectivity index (χ3n) is 4.53. The summed E-state index contributed by atoms with van der Waals surface area (Å²) in [6.45, 7) is 0. The van der Waals surface area contributed by atoms with Crippen molar-refractivity contribution in [3.8, 4) is 0 Å². The highest BCUT2D eigenvalue weighted by molar-refractivity contribution is 8.10. The number of hydrogen-bond acceptors (Lipinski definition) is 12. The molecule has 0 saturated carbocycles. The van der Waals surface area contributed by atoms with E-state index in [1.807, 2.05) is 5.41 Å². The minimum atomic E-state index is -1.16. The predicted molar refractivity (Wildman–Crippen MR) is 128 cm³/mol. The Labute approximate surface area is 204 Å². The van der Waals surface area contributed by atoms with Crippen molar-refractivity contribution in [1.82, 2.24) is 20.4 Å². The summed E-state index contributed by atoms with van der Waals surface area (Å²) in [5.41, 5.74) is 2.34. The third kappa shape index (κ3) is 4.81. The van der Waals surface area contributed by atoms with Gasteiger partial charge in [-0.25, -0.2) is 4.79 Å². The number of rotatable bonds is 8. The molecule has 1 aromatic rings. The smallest absolute Gasteiger partial charge is 0.352 e. The Balaban J connectivity index is 1.47. The Kier molecular flexibility index (Phi) is 7.70. The number of aliphatic carboxylic acids is 1. The van der Waals surface area contributed by atoms with Crippen LogP contribution in [0.15, 0.2) is 36.6 Å². The van der Waals surface area contributed by atoms with E-state index in [-0.39, 0.29) is 11.4 Å². The molecule has 1 unspecified atom stereocenters. The zero-order chi connectivity index (χ0) is 22.7. The molecule has 10 nitrogen and oxygen atoms in total. The molecular formula is C17H17N5O5S5. The van der Waals surface area contributed by atoms with E-state index in [1.165, 1.54) is 58.6 Å². The Morgan fingerprint density at radius 2 is 2.28 bits per heavy atom. The molecular weight excluding hydrogens is 515 g/mol. The second-order valence-corrected chi connectivity index (χ2v) is 11.7. The van der Waals surface area contributed by atoms with Gasteiger partial charge in [0.15, 0.2) is 10.1 Å². The molecule has 4 rings (SSSR count). The number of nitrogens with zero attached hydrogens (tertiary/aromatic N) is 4. The molecule has 15 heteroatoms. The molecule has 2 N–H and O–H groups in total. The van der Waals surface area contributed by atoms with Gasteiger partial charge in [0.2, 0.25) is 0 Å². The molecule has 2 amide bonds. The quantitative estimate of drug-likeness (QED) is 0.220. The van der Waals surface area contributed by atoms with Gasteiger partial charge in [-0.3, -0.25) is 14.5 Å². The Morgan fingerprint density at radius 3 is 2.94 bits per heavy atom. The van der Waals surface area contributed by atoms with Crippen molar-refractivity contribution in [2.24, 2.45) is 5.16 Å². The summed E-state index contributed by atoms with van der Waals surface area (Å²) < 4.78 is 0.729. The van der Waals surface area contributed by atoms with Gasteiger partial charge in [0.1, 0.15) is 29.7 Å². The molecule has 32 heavy (non-hydrogen) atoms. The average Bonchev–Trinajstić information content (AvgIpc) is 3.33. The molecule has 0 bridgehead atoms. The van der Waals surface area contributed by atoms with Crippen LogP contribution in [0.4, 0.5) is 0 Å². The maximum atomic E-state index is 12.9. The molecule has 0 aliphatic carbocycles. The lowest BCUT2D eigenvalue weighted by molar-refractivity contribution is -0.150. The normalized spacial score (nSPS) is 23.3. The zero-order valence-electron chi connectivity index (χ0n) is 16.5. The number of carboxylic acids is 1. The number of aromatic nitrogens is 2. The lowest BCUT2D eigenvalue weighted by Gasteiger charge is -2.49. The van der Waals surface area contributed by atoms with Gasteiger partial charge in [-0.2, -0.15) is 0 Å². The van der Waals surface area contributed by atoms with Crippen LogP contribution in [0, 0.1) is 0 Å². The fourth-order valence-corrected chi connectivity index (χ4v) is 8.20. The van der Waals surface area contributed by atoms with Gasteiger partial charge in [-0.1, -0.05) is 28.3 Å². The van der Waals surface area contributed by atoms with Gasteiger partial charge in [-0.15, -0.1) is 45.5 Å². The maximum Gasteiger partial charge on any atom is 0.352 e. The van der Waals surface area contributed by atoms with E-state index in [0.29, 0.717) is 22.0 Å². The van der Waals surface area contributed by atoms with Gasteiger partial charge >= 0.3 is 5.97 Å². The number of nitrogens with one attached hydrogen (secondary N) is 1. The number of carbonyl (C=O) groups is 3. The highest BCUT2D eigenvalue weighted by Crippen LogP contribution is 2.41. The number of oxime groups is 1. The molecule has 1 fully saturated rings. The van der Waals surface area contributed by atoms with E-state index in [4.69, 9.17) is 4.84 Å². The minimum absolute atomic E-state index is 0.0195. The minimum Gasteiger partial charge on any atom is -0.477 e. The molecule has 1 aromatic heterocycles. The van der Waals surface area contributed by atoms with Gasteiger partial charge in [0.25, 0.3) is 11.8 Å². The Morgan fingerprint density at radius 1 is 1.44 bits per heavy atom. The summed E-state index contributed by atoms with van der Waals surface area (Å²) in [5.74, 6) is 0.466. The second kappa shape index (κ2) is 10.5. The number of carboxylic acid groups (broad SMARTS) is 1. The molecule has 3 aliphatic heterocycles. The number of hydrogen-bond donors (Lipinski definition) is 2. The monoisotopic (exact) mass is 531 g/mol. The number of β-lactam (4-membered cyclic amide) rings is 1. The molecule has 0 radical (unpaired) electrons. The SMILES string of the molecule is CON=C(C(=O)NC1C(=O)N2C(C(=O)O)=C(CSc3nncs3)CS[C@H]12)C1=CSCCS1. The summed E-state index contributed by atoms with van der Waals surface area (Å²) in [7, 11) is 1.35. The van der Waals surface area contributed by atoms with E-state index in [2.05, 4.69) is 20.7 Å². The fraction of sp³-hybridized carbons (Fsp3) is 0.412. The molecule has 1 saturated heterocycles. The molecule has 4 heterocycles. The summed E-state index contributed by atoms with van der Waals surface area (Å²) in [6, 6.07) is -0.830. The molecule has 2 atom stereocenters. The van der Waals surface area contributed by atoms with Crippen molar-refractivity contribution in [2.45, 2.75) is 15.8 Å². The molecule has 3 aliphatic rings. The second-order valence-electron chi connectivity index (χ2n) is 6.44. The first-order valence-electron chi connectivity index (χ1n) is 9.17. The number of fused-ring (bicyclic) bond motifs is 1. The van der Waals surface area contributed by atoms with Crippen LogP contribution < -0.4 is 5.32 Å². The Hall–Kier alpha value is -1.68. The van der Waals surface area contributed by atoms with E-state index in [1.54, 1.807) is 17.3 Å². The van der Waals surface area contributed by atoms with E-state index in [0.717, 1.165) is 15.8 Å². The van der Waals surface area contributed by atoms with E-state index < -0.39 is 29.2 Å². The van der Waals surface area contributed by atoms with E-state index >= 15 is 0 Å². The lowest BCUT2D eigenvalue weighted by atomic mass is 10.0. The van der Waals surface area contributed by atoms with Crippen LogP contribution in [0.2, 0.25) is 0 Å². The third-order valence-corrected chi connectivity index (χ3v) is 10.1. The largest absolute Gasteiger partial charge is 0.477 e. The van der Waals surface area contributed by atoms with Crippen LogP contribution in [0.5, 0.6) is 0 Å². The van der Waals surface area contributed by atoms with Gasteiger partial charge < -0.3 is 15.3 Å². The number of amides is 2. The van der Waals surface area contributed by atoms with Crippen LogP contribution in [-0.2, 0) is 19.2 Å². The average molecular weight is 532 g/mol. The maximum absolute atomic E-state index is 12.9. The molecule has 170 valence electrons. The topological polar surface area (TPSA) is 134 Å². The van der Waals surface area contributed by atoms with Gasteiger partial charge in [-0.05, 0) is 11.0 Å². The first kappa shape index (κ1) is 23.5. The summed E-state index contributed by atoms with van der Waals surface area (Å²) in [4.78, 5) is 44.5. The summed E-state index contributed by atoms with van der Waals surface area (Å²) >= 11 is 7.25. The summed E-state index contributed by atoms with van der Waals surface area (Å²) in [5, 5.41) is 25.4. The standard InChI is InChI=1S/C17H17N5O5S5/c1-27-21-10(9-6-28-2-3-29-9)13(23)19-11-14(24)22-12(16(25)26)8(4-30-15(11)22)5-31-17-20-18-7-32-17/h6-7,11,15H,2-5H2,1H3,(H,19,23)(H,25,26)/t11?,15-/m1/s1. The zero-order valence-corrected chi connectivity index (χ0v) is 20.6. The van der Waals surface area contributed by atoms with Crippen molar-refractivity contribution in [2.75, 3.05) is 30.1 Å². The predicted octanol–water partition coefficient (Wildman–Crippen LogP) is 1.69. The molecule has 0 spiro atoms. The number of carbonyl (C=O) groups excluding carboxylic acids is 2. The van der Waals surface area contributed by atoms with Gasteiger partial charge in [0.05, 0.1) is 0 Å². The van der Waals surface area contributed by atoms with Crippen LogP contribution in [0.1, 0.15) is 0 Å². The van der Waals surface area contributed by atoms with Crippen molar-refractivity contribution < 1.29 is 24.3 Å². The van der Waals surface area contributed by atoms with Crippen LogP contribution >= 0.6 is 58.4 Å². The fourth-order valence-electron chi connectivity index (χ4n) is 3.16. The summed E-state index contributed by atoms with van der Waals surface area (Å²) in [6.07, 6.45) is 0. The lowest BCUT2D eigenvalue weighted by Crippen LogP contribution is -2.71. The van der Waals surface area contributed by atoms with E-state index in [9.17, 15) is 19.5 Å². The van der Waals surface area contributed by atoms with Crippen LogP contribution in [0.3, 0.4) is 0 Å². The first-order chi connectivity index (χ1) is 15.5. The van der Waals surface area contributed by atoms with Crippen LogP contribution in [-0.4, -0.2) is 85.2 Å². The highest BCUT2D eigenvalue weighted by atomic mass is 32.2.